The van der Waals surface area contributed by atoms with E-state index in [0.29, 0.717) is 25.6 Å². The molecule has 158 valence electrons. The molecule has 1 saturated carbocycles. The third-order valence-corrected chi connectivity index (χ3v) is 5.79. The van der Waals surface area contributed by atoms with Crippen molar-refractivity contribution in [2.45, 2.75) is 36.6 Å². The second-order valence-corrected chi connectivity index (χ2v) is 8.59. The van der Waals surface area contributed by atoms with Crippen LogP contribution in [-0.2, 0) is 22.0 Å². The smallest absolute Gasteiger partial charge is 0.238 e. The van der Waals surface area contributed by atoms with Crippen LogP contribution < -0.4 is 15.8 Å². The van der Waals surface area contributed by atoms with Gasteiger partial charge in [-0.3, -0.25) is 0 Å². The molecule has 0 atom stereocenters. The zero-order chi connectivity index (χ0) is 20.2. The molecule has 0 heterocycles. The minimum atomic E-state index is -3.74. The first-order valence-corrected chi connectivity index (χ1v) is 10.8. The highest BCUT2D eigenvalue weighted by Crippen LogP contribution is 2.47. The molecule has 0 unspecified atom stereocenters. The molecule has 1 aliphatic carbocycles. The topological polar surface area (TPSA) is 96.6 Å². The molecule has 9 heteroatoms. The minimum absolute atomic E-state index is 0. The zero-order valence-electron chi connectivity index (χ0n) is 16.2. The lowest BCUT2D eigenvalue weighted by molar-refractivity contribution is 0.597. The van der Waals surface area contributed by atoms with Crippen LogP contribution >= 0.6 is 24.0 Å². The molecule has 6 nitrogen and oxygen atoms in total. The molecular formula is C20H26FIN4O2S. The van der Waals surface area contributed by atoms with Crippen molar-refractivity contribution in [2.24, 2.45) is 10.1 Å². The third kappa shape index (κ3) is 6.38. The number of guanidine groups is 1. The second kappa shape index (κ2) is 9.86. The van der Waals surface area contributed by atoms with Crippen molar-refractivity contribution < 1.29 is 12.8 Å². The summed E-state index contributed by atoms with van der Waals surface area (Å²) in [5, 5.41) is 11.7. The van der Waals surface area contributed by atoms with E-state index in [-0.39, 0.29) is 40.1 Å². The first-order valence-electron chi connectivity index (χ1n) is 9.22. The highest BCUT2D eigenvalue weighted by molar-refractivity contribution is 14.0. The Morgan fingerprint density at radius 1 is 1.17 bits per heavy atom. The van der Waals surface area contributed by atoms with E-state index >= 15 is 0 Å². The summed E-state index contributed by atoms with van der Waals surface area (Å²) in [6.45, 7) is 3.62. The third-order valence-electron chi connectivity index (χ3n) is 4.88. The molecule has 1 aliphatic rings. The molecule has 0 bridgehead atoms. The van der Waals surface area contributed by atoms with E-state index < -0.39 is 10.0 Å². The van der Waals surface area contributed by atoms with Crippen LogP contribution in [-0.4, -0.2) is 27.5 Å². The number of halogens is 2. The van der Waals surface area contributed by atoms with E-state index in [1.807, 2.05) is 13.0 Å². The predicted octanol–water partition coefficient (Wildman–Crippen LogP) is 2.88. The summed E-state index contributed by atoms with van der Waals surface area (Å²) < 4.78 is 36.6. The van der Waals surface area contributed by atoms with Crippen molar-refractivity contribution in [2.75, 3.05) is 13.1 Å². The number of primary sulfonamides is 1. The van der Waals surface area contributed by atoms with Gasteiger partial charge in [0.25, 0.3) is 0 Å². The summed E-state index contributed by atoms with van der Waals surface area (Å²) in [5.74, 6) is 0.408. The predicted molar refractivity (Wildman–Crippen MR) is 123 cm³/mol. The van der Waals surface area contributed by atoms with E-state index in [1.54, 1.807) is 24.3 Å². The molecule has 1 fully saturated rings. The number of hydrogen-bond acceptors (Lipinski definition) is 3. The lowest BCUT2D eigenvalue weighted by Crippen LogP contribution is -2.41. The molecule has 0 amide bonds. The van der Waals surface area contributed by atoms with Gasteiger partial charge in [-0.2, -0.15) is 0 Å². The Kier molecular flexibility index (Phi) is 8.01. The fraction of sp³-hybridized carbons (Fsp3) is 0.350. The number of nitrogens with one attached hydrogen (secondary N) is 2. The van der Waals surface area contributed by atoms with Gasteiger partial charge in [0.15, 0.2) is 5.96 Å². The molecule has 2 aromatic carbocycles. The van der Waals surface area contributed by atoms with Gasteiger partial charge < -0.3 is 10.6 Å². The molecule has 0 saturated heterocycles. The highest BCUT2D eigenvalue weighted by atomic mass is 127. The van der Waals surface area contributed by atoms with Gasteiger partial charge in [-0.1, -0.05) is 24.3 Å². The quantitative estimate of drug-likeness (QED) is 0.290. The van der Waals surface area contributed by atoms with Crippen LogP contribution in [0.25, 0.3) is 0 Å². The van der Waals surface area contributed by atoms with Gasteiger partial charge in [0, 0.05) is 18.5 Å². The Morgan fingerprint density at radius 3 is 2.52 bits per heavy atom. The number of hydrogen-bond donors (Lipinski definition) is 3. The van der Waals surface area contributed by atoms with Crippen LogP contribution in [0.4, 0.5) is 4.39 Å². The Balaban J connectivity index is 0.00000300. The van der Waals surface area contributed by atoms with Crippen LogP contribution in [0.3, 0.4) is 0 Å². The van der Waals surface area contributed by atoms with Crippen LogP contribution in [0.1, 0.15) is 30.9 Å². The Morgan fingerprint density at radius 2 is 1.90 bits per heavy atom. The second-order valence-electron chi connectivity index (χ2n) is 7.03. The Bertz CT molecular complexity index is 978. The van der Waals surface area contributed by atoms with Gasteiger partial charge in [0.1, 0.15) is 5.82 Å². The first-order chi connectivity index (χ1) is 13.3. The molecule has 4 N–H and O–H groups in total. The van der Waals surface area contributed by atoms with Gasteiger partial charge in [0.2, 0.25) is 10.0 Å². The van der Waals surface area contributed by atoms with Crippen molar-refractivity contribution in [3.05, 3.63) is 65.5 Å². The lowest BCUT2D eigenvalue weighted by Gasteiger charge is -2.19. The zero-order valence-corrected chi connectivity index (χ0v) is 19.3. The van der Waals surface area contributed by atoms with E-state index in [9.17, 15) is 12.8 Å². The molecule has 29 heavy (non-hydrogen) atoms. The maximum atomic E-state index is 13.6. The maximum absolute atomic E-state index is 13.6. The van der Waals surface area contributed by atoms with Crippen molar-refractivity contribution in [3.8, 4) is 0 Å². The van der Waals surface area contributed by atoms with Gasteiger partial charge in [-0.25, -0.2) is 22.9 Å². The summed E-state index contributed by atoms with van der Waals surface area (Å²) in [4.78, 5) is 4.60. The van der Waals surface area contributed by atoms with Gasteiger partial charge >= 0.3 is 0 Å². The SMILES string of the molecule is CCNC(=NCc1cccc(S(N)(=O)=O)c1)NCC1(c2cccc(F)c2)CC1.I. The Hall–Kier alpha value is -1.72. The summed E-state index contributed by atoms with van der Waals surface area (Å²) in [7, 11) is -3.74. The summed E-state index contributed by atoms with van der Waals surface area (Å²) in [6, 6.07) is 13.2. The fourth-order valence-corrected chi connectivity index (χ4v) is 3.71. The van der Waals surface area contributed by atoms with E-state index in [1.165, 1.54) is 18.2 Å². The van der Waals surface area contributed by atoms with E-state index in [2.05, 4.69) is 15.6 Å². The van der Waals surface area contributed by atoms with Crippen LogP contribution in [0.15, 0.2) is 58.4 Å². The average molecular weight is 532 g/mol. The van der Waals surface area contributed by atoms with Crippen molar-refractivity contribution in [3.63, 3.8) is 0 Å². The monoisotopic (exact) mass is 532 g/mol. The fourth-order valence-electron chi connectivity index (χ4n) is 3.12. The average Bonchev–Trinajstić information content (AvgIpc) is 3.45. The largest absolute Gasteiger partial charge is 0.357 e. The van der Waals surface area contributed by atoms with Gasteiger partial charge in [0.05, 0.1) is 11.4 Å². The lowest BCUT2D eigenvalue weighted by atomic mass is 9.96. The van der Waals surface area contributed by atoms with Crippen molar-refractivity contribution in [1.29, 1.82) is 0 Å². The van der Waals surface area contributed by atoms with Crippen LogP contribution in [0.5, 0.6) is 0 Å². The maximum Gasteiger partial charge on any atom is 0.238 e. The summed E-state index contributed by atoms with van der Waals surface area (Å²) in [5.41, 5.74) is 1.68. The summed E-state index contributed by atoms with van der Waals surface area (Å²) in [6.07, 6.45) is 2.00. The van der Waals surface area contributed by atoms with E-state index in [0.717, 1.165) is 24.0 Å². The minimum Gasteiger partial charge on any atom is -0.357 e. The Labute approximate surface area is 188 Å². The molecule has 3 rings (SSSR count). The molecule has 2 aromatic rings. The molecule has 0 aliphatic heterocycles. The number of sulfonamides is 1. The van der Waals surface area contributed by atoms with Crippen LogP contribution in [0.2, 0.25) is 0 Å². The number of benzene rings is 2. The molecule has 0 radical (unpaired) electrons. The number of rotatable bonds is 7. The standard InChI is InChI=1S/C20H25FN4O2S.HI/c1-2-23-19(24-13-15-5-3-8-18(11-15)28(22,26)27)25-14-20(9-10-20)16-6-4-7-17(21)12-16;/h3-8,11-12H,2,9-10,13-14H2,1H3,(H2,22,26,27)(H2,23,24,25);1H. The number of nitrogens with two attached hydrogens (primary N) is 1. The number of aliphatic imine (C=N–C) groups is 1. The van der Waals surface area contributed by atoms with Gasteiger partial charge in [-0.05, 0) is 55.2 Å². The van der Waals surface area contributed by atoms with Crippen molar-refractivity contribution >= 4 is 40.0 Å². The molecular weight excluding hydrogens is 506 g/mol. The highest BCUT2D eigenvalue weighted by Gasteiger charge is 2.44. The first kappa shape index (κ1) is 23.6. The van der Waals surface area contributed by atoms with Crippen LogP contribution in [0, 0.1) is 5.82 Å². The van der Waals surface area contributed by atoms with E-state index in [4.69, 9.17) is 5.14 Å². The normalized spacial score (nSPS) is 15.3. The molecule has 0 spiro atoms. The number of nitrogens with zero attached hydrogens (tertiary/aromatic N) is 1. The molecule has 0 aromatic heterocycles. The van der Waals surface area contributed by atoms with Gasteiger partial charge in [-0.15, -0.1) is 24.0 Å². The summed E-state index contributed by atoms with van der Waals surface area (Å²) >= 11 is 0. The van der Waals surface area contributed by atoms with Crippen molar-refractivity contribution in [1.82, 2.24) is 10.6 Å².